The number of thiocarbonyl (C=S) groups is 1. The highest BCUT2D eigenvalue weighted by atomic mass is 32.1. The first-order chi connectivity index (χ1) is 13.5. The number of rotatable bonds is 5. The predicted octanol–water partition coefficient (Wildman–Crippen LogP) is 3.49. The lowest BCUT2D eigenvalue weighted by Gasteiger charge is -2.16. The van der Waals surface area contributed by atoms with Crippen molar-refractivity contribution >= 4 is 42.2 Å². The fourth-order valence-electron chi connectivity index (χ4n) is 2.63. The van der Waals surface area contributed by atoms with E-state index in [1.807, 2.05) is 49.4 Å². The molecule has 6 heteroatoms. The van der Waals surface area contributed by atoms with E-state index in [4.69, 9.17) is 24.8 Å². The molecule has 0 saturated heterocycles. The molecule has 3 rings (SSSR count). The van der Waals surface area contributed by atoms with Gasteiger partial charge in [-0.05, 0) is 42.4 Å². The molecule has 0 aliphatic rings. The van der Waals surface area contributed by atoms with Gasteiger partial charge in [-0.25, -0.2) is 0 Å². The van der Waals surface area contributed by atoms with Crippen LogP contribution in [0.5, 0.6) is 5.75 Å². The minimum absolute atomic E-state index is 0.165. The molecule has 0 saturated carbocycles. The van der Waals surface area contributed by atoms with Gasteiger partial charge in [0.25, 0.3) is 5.91 Å². The monoisotopic (exact) mass is 386 g/mol. The SMILES string of the molecule is [B]c1cc(C)c(OCc2ccccc2)cc1NC(=S)NC(=O)c1ccccc1. The maximum absolute atomic E-state index is 12.2. The number of hydrogen-bond donors (Lipinski definition) is 2. The van der Waals surface area contributed by atoms with Gasteiger partial charge in [-0.3, -0.25) is 10.1 Å². The van der Waals surface area contributed by atoms with Crippen LogP contribution in [0.15, 0.2) is 72.8 Å². The van der Waals surface area contributed by atoms with Crippen molar-refractivity contribution in [2.75, 3.05) is 5.32 Å². The van der Waals surface area contributed by atoms with Crippen LogP contribution in [-0.4, -0.2) is 18.9 Å². The molecule has 28 heavy (non-hydrogen) atoms. The molecular formula is C22H19BN2O2S. The third-order valence-electron chi connectivity index (χ3n) is 4.10. The smallest absolute Gasteiger partial charge is 0.257 e. The number of hydrogen-bond acceptors (Lipinski definition) is 3. The quantitative estimate of drug-likeness (QED) is 0.521. The lowest BCUT2D eigenvalue weighted by atomic mass is 9.92. The van der Waals surface area contributed by atoms with E-state index in [0.29, 0.717) is 29.1 Å². The summed E-state index contributed by atoms with van der Waals surface area (Å²) in [5.41, 5.74) is 3.60. The second-order valence-electron chi connectivity index (χ2n) is 6.25. The van der Waals surface area contributed by atoms with E-state index in [-0.39, 0.29) is 11.0 Å². The van der Waals surface area contributed by atoms with Gasteiger partial charge in [-0.2, -0.15) is 0 Å². The molecule has 3 aromatic rings. The lowest BCUT2D eigenvalue weighted by Crippen LogP contribution is -2.35. The Hall–Kier alpha value is -3.12. The number of ether oxygens (including phenoxy) is 1. The molecule has 0 fully saturated rings. The largest absolute Gasteiger partial charge is 0.489 e. The van der Waals surface area contributed by atoms with Crippen molar-refractivity contribution in [3.05, 3.63) is 89.5 Å². The predicted molar refractivity (Wildman–Crippen MR) is 117 cm³/mol. The van der Waals surface area contributed by atoms with Gasteiger partial charge in [0.2, 0.25) is 0 Å². The topological polar surface area (TPSA) is 50.4 Å². The van der Waals surface area contributed by atoms with Crippen LogP contribution in [-0.2, 0) is 6.61 Å². The molecule has 0 bridgehead atoms. The number of aryl methyl sites for hydroxylation is 1. The highest BCUT2D eigenvalue weighted by Crippen LogP contribution is 2.22. The Kier molecular flexibility index (Phi) is 6.45. The fourth-order valence-corrected chi connectivity index (χ4v) is 2.83. The Bertz CT molecular complexity index is 979. The second kappa shape index (κ2) is 9.19. The van der Waals surface area contributed by atoms with E-state index >= 15 is 0 Å². The minimum Gasteiger partial charge on any atom is -0.489 e. The van der Waals surface area contributed by atoms with Crippen LogP contribution < -0.4 is 20.8 Å². The Morgan fingerprint density at radius 1 is 1.04 bits per heavy atom. The van der Waals surface area contributed by atoms with E-state index in [2.05, 4.69) is 10.6 Å². The van der Waals surface area contributed by atoms with Crippen molar-refractivity contribution in [3.63, 3.8) is 0 Å². The number of anilines is 1. The van der Waals surface area contributed by atoms with Crippen molar-refractivity contribution < 1.29 is 9.53 Å². The Morgan fingerprint density at radius 3 is 2.36 bits per heavy atom. The van der Waals surface area contributed by atoms with Gasteiger partial charge in [0.05, 0.1) is 0 Å². The first kappa shape index (κ1) is 19.6. The van der Waals surface area contributed by atoms with Crippen molar-refractivity contribution in [1.82, 2.24) is 5.32 Å². The molecule has 0 aromatic heterocycles. The summed E-state index contributed by atoms with van der Waals surface area (Å²) in [4.78, 5) is 12.2. The molecule has 0 heterocycles. The summed E-state index contributed by atoms with van der Waals surface area (Å²) in [6.45, 7) is 2.37. The molecule has 138 valence electrons. The zero-order valence-corrected chi connectivity index (χ0v) is 16.3. The van der Waals surface area contributed by atoms with Gasteiger partial charge in [0, 0.05) is 17.3 Å². The first-order valence-electron chi connectivity index (χ1n) is 8.77. The van der Waals surface area contributed by atoms with E-state index in [1.165, 1.54) is 0 Å². The Labute approximate surface area is 171 Å². The van der Waals surface area contributed by atoms with Crippen LogP contribution >= 0.6 is 12.2 Å². The van der Waals surface area contributed by atoms with Gasteiger partial charge in [0.1, 0.15) is 20.2 Å². The Balaban J connectivity index is 1.67. The third kappa shape index (κ3) is 5.21. The van der Waals surface area contributed by atoms with Crippen LogP contribution in [0.3, 0.4) is 0 Å². The standard InChI is InChI=1S/C22H19BN2O2S/c1-15-12-18(23)19(13-20(15)27-14-16-8-4-2-5-9-16)24-22(28)25-21(26)17-10-6-3-7-11-17/h2-13H,14H2,1H3,(H2,24,25,26,28). The number of carbonyl (C=O) groups is 1. The molecule has 4 nitrogen and oxygen atoms in total. The first-order valence-corrected chi connectivity index (χ1v) is 9.18. The summed E-state index contributed by atoms with van der Waals surface area (Å²) in [5, 5.41) is 5.79. The second-order valence-corrected chi connectivity index (χ2v) is 6.66. The highest BCUT2D eigenvalue weighted by molar-refractivity contribution is 7.80. The van der Waals surface area contributed by atoms with Gasteiger partial charge in [-0.15, -0.1) is 0 Å². The number of benzene rings is 3. The maximum Gasteiger partial charge on any atom is 0.257 e. The van der Waals surface area contributed by atoms with Crippen LogP contribution in [0.2, 0.25) is 0 Å². The summed E-state index contributed by atoms with van der Waals surface area (Å²) in [7, 11) is 6.10. The average Bonchev–Trinajstić information content (AvgIpc) is 2.70. The van der Waals surface area contributed by atoms with Crippen LogP contribution in [0.4, 0.5) is 5.69 Å². The van der Waals surface area contributed by atoms with Crippen molar-refractivity contribution in [3.8, 4) is 5.75 Å². The highest BCUT2D eigenvalue weighted by Gasteiger charge is 2.10. The molecule has 0 aliphatic heterocycles. The molecule has 0 spiro atoms. The molecule has 2 radical (unpaired) electrons. The van der Waals surface area contributed by atoms with Crippen LogP contribution in [0, 0.1) is 6.92 Å². The summed E-state index contributed by atoms with van der Waals surface area (Å²) in [6.07, 6.45) is 0. The zero-order chi connectivity index (χ0) is 19.9. The fraction of sp³-hybridized carbons (Fsp3) is 0.0909. The van der Waals surface area contributed by atoms with E-state index in [0.717, 1.165) is 11.1 Å². The zero-order valence-electron chi connectivity index (χ0n) is 15.4. The molecule has 0 atom stereocenters. The Morgan fingerprint density at radius 2 is 1.68 bits per heavy atom. The van der Waals surface area contributed by atoms with E-state index < -0.39 is 0 Å². The normalized spacial score (nSPS) is 10.2. The van der Waals surface area contributed by atoms with Crippen molar-refractivity contribution in [1.29, 1.82) is 0 Å². The molecular weight excluding hydrogens is 367 g/mol. The lowest BCUT2D eigenvalue weighted by molar-refractivity contribution is 0.0977. The van der Waals surface area contributed by atoms with Crippen LogP contribution in [0.1, 0.15) is 21.5 Å². The third-order valence-corrected chi connectivity index (χ3v) is 4.30. The van der Waals surface area contributed by atoms with Crippen molar-refractivity contribution in [2.45, 2.75) is 13.5 Å². The van der Waals surface area contributed by atoms with E-state index in [9.17, 15) is 4.79 Å². The van der Waals surface area contributed by atoms with Crippen LogP contribution in [0.25, 0.3) is 0 Å². The van der Waals surface area contributed by atoms with E-state index in [1.54, 1.807) is 30.3 Å². The molecule has 0 unspecified atom stereocenters. The van der Waals surface area contributed by atoms with Gasteiger partial charge >= 0.3 is 0 Å². The van der Waals surface area contributed by atoms with Gasteiger partial charge in [0.15, 0.2) is 5.11 Å². The summed E-state index contributed by atoms with van der Waals surface area (Å²) in [5.74, 6) is 0.405. The molecule has 2 N–H and O–H groups in total. The summed E-state index contributed by atoms with van der Waals surface area (Å²) < 4.78 is 5.92. The summed E-state index contributed by atoms with van der Waals surface area (Å²) in [6, 6.07) is 22.4. The number of amides is 1. The number of nitrogens with one attached hydrogen (secondary N) is 2. The van der Waals surface area contributed by atoms with Gasteiger partial charge < -0.3 is 10.1 Å². The summed E-state index contributed by atoms with van der Waals surface area (Å²) >= 11 is 5.25. The minimum atomic E-state index is -0.288. The van der Waals surface area contributed by atoms with Gasteiger partial charge in [-0.1, -0.05) is 60.1 Å². The molecule has 1 amide bonds. The maximum atomic E-state index is 12.2. The molecule has 0 aliphatic carbocycles. The van der Waals surface area contributed by atoms with Crippen molar-refractivity contribution in [2.24, 2.45) is 0 Å². The molecule has 3 aromatic carbocycles. The number of carbonyl (C=O) groups excluding carboxylic acids is 1. The average molecular weight is 386 g/mol.